The fourth-order valence-electron chi connectivity index (χ4n) is 1.63. The lowest BCUT2D eigenvalue weighted by Gasteiger charge is -2.20. The van der Waals surface area contributed by atoms with E-state index in [1.165, 1.54) is 11.0 Å². The lowest BCUT2D eigenvalue weighted by atomic mass is 10.4. The van der Waals surface area contributed by atoms with Crippen LogP contribution in [0.25, 0.3) is 0 Å². The molecular weight excluding hydrogens is 238 g/mol. The molecule has 1 aliphatic carbocycles. The van der Waals surface area contributed by atoms with Crippen molar-refractivity contribution in [3.8, 4) is 0 Å². The summed E-state index contributed by atoms with van der Waals surface area (Å²) in [5.74, 6) is -0.549. The predicted octanol–water partition coefficient (Wildman–Crippen LogP) is -0.773. The average Bonchev–Trinajstić information content (AvgIpc) is 3.05. The standard InChI is InChI=1S/C10H15N5O3/c1-2-18-10(17)6-15(8-3-4-8)9(16)5-14-7-11-12-13-14/h7-8H,2-6H2,1H3. The quantitative estimate of drug-likeness (QED) is 0.618. The summed E-state index contributed by atoms with van der Waals surface area (Å²) in [6, 6.07) is 0.151. The number of hydrogen-bond donors (Lipinski definition) is 0. The number of aromatic nitrogens is 4. The van der Waals surface area contributed by atoms with Gasteiger partial charge in [-0.15, -0.1) is 5.10 Å². The van der Waals surface area contributed by atoms with Crippen LogP contribution in [0.15, 0.2) is 6.33 Å². The molecule has 98 valence electrons. The van der Waals surface area contributed by atoms with Crippen LogP contribution < -0.4 is 0 Å². The van der Waals surface area contributed by atoms with Crippen LogP contribution in [0.2, 0.25) is 0 Å². The third kappa shape index (κ3) is 3.25. The molecule has 0 aliphatic heterocycles. The number of carbonyl (C=O) groups excluding carboxylic acids is 2. The number of ether oxygens (including phenoxy) is 1. The van der Waals surface area contributed by atoms with Gasteiger partial charge in [0.15, 0.2) is 0 Å². The Kier molecular flexibility index (Phi) is 3.85. The highest BCUT2D eigenvalue weighted by atomic mass is 16.5. The number of tetrazole rings is 1. The second-order valence-electron chi connectivity index (χ2n) is 4.07. The Balaban J connectivity index is 1.92. The molecule has 0 N–H and O–H groups in total. The van der Waals surface area contributed by atoms with Gasteiger partial charge in [0, 0.05) is 6.04 Å². The molecule has 1 aromatic heterocycles. The Hall–Kier alpha value is -1.99. The molecule has 0 aromatic carbocycles. The summed E-state index contributed by atoms with van der Waals surface area (Å²) in [6.45, 7) is 2.10. The number of carbonyl (C=O) groups is 2. The van der Waals surface area contributed by atoms with Crippen LogP contribution in [-0.4, -0.2) is 56.2 Å². The first kappa shape index (κ1) is 12.5. The molecule has 8 nitrogen and oxygen atoms in total. The molecule has 1 heterocycles. The van der Waals surface area contributed by atoms with Crippen molar-refractivity contribution in [2.75, 3.05) is 13.2 Å². The van der Waals surface area contributed by atoms with E-state index in [-0.39, 0.29) is 31.0 Å². The monoisotopic (exact) mass is 253 g/mol. The van der Waals surface area contributed by atoms with Gasteiger partial charge < -0.3 is 9.64 Å². The third-order valence-electron chi connectivity index (χ3n) is 2.60. The van der Waals surface area contributed by atoms with E-state index in [0.29, 0.717) is 6.61 Å². The van der Waals surface area contributed by atoms with Crippen LogP contribution in [0, 0.1) is 0 Å². The van der Waals surface area contributed by atoms with Crippen LogP contribution in [0.4, 0.5) is 0 Å². The van der Waals surface area contributed by atoms with Crippen molar-refractivity contribution in [2.24, 2.45) is 0 Å². The Labute approximate surface area is 104 Å². The molecule has 0 saturated heterocycles. The van der Waals surface area contributed by atoms with Gasteiger partial charge >= 0.3 is 5.97 Å². The molecule has 0 radical (unpaired) electrons. The van der Waals surface area contributed by atoms with Gasteiger partial charge in [0.2, 0.25) is 5.91 Å². The molecule has 8 heteroatoms. The smallest absolute Gasteiger partial charge is 0.325 e. The van der Waals surface area contributed by atoms with E-state index in [2.05, 4.69) is 15.5 Å². The van der Waals surface area contributed by atoms with E-state index in [1.54, 1.807) is 11.8 Å². The first-order valence-corrected chi connectivity index (χ1v) is 5.86. The van der Waals surface area contributed by atoms with Crippen LogP contribution in [0.1, 0.15) is 19.8 Å². The fourth-order valence-corrected chi connectivity index (χ4v) is 1.63. The molecule has 18 heavy (non-hydrogen) atoms. The minimum atomic E-state index is -0.380. The van der Waals surface area contributed by atoms with Crippen molar-refractivity contribution in [1.82, 2.24) is 25.1 Å². The van der Waals surface area contributed by atoms with Crippen molar-refractivity contribution in [2.45, 2.75) is 32.4 Å². The van der Waals surface area contributed by atoms with E-state index in [1.807, 2.05) is 0 Å². The summed E-state index contributed by atoms with van der Waals surface area (Å²) in [6.07, 6.45) is 3.23. The Morgan fingerprint density at radius 2 is 2.28 bits per heavy atom. The van der Waals surface area contributed by atoms with Crippen molar-refractivity contribution in [3.63, 3.8) is 0 Å². The van der Waals surface area contributed by atoms with Crippen LogP contribution in [-0.2, 0) is 20.9 Å². The SMILES string of the molecule is CCOC(=O)CN(C(=O)Cn1cnnn1)C1CC1. The zero-order chi connectivity index (χ0) is 13.0. The largest absolute Gasteiger partial charge is 0.465 e. The van der Waals surface area contributed by atoms with Crippen molar-refractivity contribution < 1.29 is 14.3 Å². The fraction of sp³-hybridized carbons (Fsp3) is 0.700. The highest BCUT2D eigenvalue weighted by molar-refractivity contribution is 5.82. The highest BCUT2D eigenvalue weighted by Crippen LogP contribution is 2.26. The van der Waals surface area contributed by atoms with Gasteiger partial charge in [0.25, 0.3) is 0 Å². The van der Waals surface area contributed by atoms with Gasteiger partial charge in [-0.05, 0) is 30.2 Å². The zero-order valence-electron chi connectivity index (χ0n) is 10.2. The Morgan fingerprint density at radius 1 is 1.50 bits per heavy atom. The summed E-state index contributed by atoms with van der Waals surface area (Å²) in [5.41, 5.74) is 0. The van der Waals surface area contributed by atoms with E-state index in [0.717, 1.165) is 12.8 Å². The summed E-state index contributed by atoms with van der Waals surface area (Å²) in [7, 11) is 0. The van der Waals surface area contributed by atoms with Crippen molar-refractivity contribution in [3.05, 3.63) is 6.33 Å². The second-order valence-corrected chi connectivity index (χ2v) is 4.07. The first-order chi connectivity index (χ1) is 8.70. The molecule has 0 atom stereocenters. The number of esters is 1. The molecule has 1 amide bonds. The summed E-state index contributed by atoms with van der Waals surface area (Å²) in [4.78, 5) is 25.0. The maximum Gasteiger partial charge on any atom is 0.325 e. The van der Waals surface area contributed by atoms with Gasteiger partial charge in [-0.1, -0.05) is 0 Å². The highest BCUT2D eigenvalue weighted by Gasteiger charge is 2.34. The van der Waals surface area contributed by atoms with Gasteiger partial charge in [0.1, 0.15) is 19.4 Å². The molecule has 0 unspecified atom stereocenters. The van der Waals surface area contributed by atoms with Gasteiger partial charge in [-0.25, -0.2) is 4.68 Å². The normalized spacial score (nSPS) is 14.3. The van der Waals surface area contributed by atoms with Crippen LogP contribution >= 0.6 is 0 Å². The van der Waals surface area contributed by atoms with Gasteiger partial charge in [-0.2, -0.15) is 0 Å². The van der Waals surface area contributed by atoms with Gasteiger partial charge in [0.05, 0.1) is 6.61 Å². The number of hydrogen-bond acceptors (Lipinski definition) is 6. The predicted molar refractivity (Wildman–Crippen MR) is 59.2 cm³/mol. The number of amides is 1. The number of rotatable bonds is 6. The zero-order valence-corrected chi connectivity index (χ0v) is 10.2. The maximum atomic E-state index is 12.0. The molecule has 0 bridgehead atoms. The second kappa shape index (κ2) is 5.56. The van der Waals surface area contributed by atoms with Crippen LogP contribution in [0.5, 0.6) is 0 Å². The Bertz CT molecular complexity index is 415. The summed E-state index contributed by atoms with van der Waals surface area (Å²) >= 11 is 0. The molecule has 0 spiro atoms. The topological polar surface area (TPSA) is 90.2 Å². The minimum absolute atomic E-state index is 0.000530. The van der Waals surface area contributed by atoms with E-state index < -0.39 is 0 Å². The average molecular weight is 253 g/mol. The molecule has 1 fully saturated rings. The number of nitrogens with zero attached hydrogens (tertiary/aromatic N) is 5. The van der Waals surface area contributed by atoms with Crippen molar-refractivity contribution in [1.29, 1.82) is 0 Å². The molecule has 2 rings (SSSR count). The molecule has 1 aromatic rings. The molecule has 1 aliphatic rings. The lowest BCUT2D eigenvalue weighted by Crippen LogP contribution is -2.40. The maximum absolute atomic E-state index is 12.0. The first-order valence-electron chi connectivity index (χ1n) is 5.86. The van der Waals surface area contributed by atoms with Gasteiger partial charge in [-0.3, -0.25) is 9.59 Å². The third-order valence-corrected chi connectivity index (χ3v) is 2.60. The van der Waals surface area contributed by atoms with Crippen molar-refractivity contribution >= 4 is 11.9 Å². The molecule has 1 saturated carbocycles. The molecular formula is C10H15N5O3. The summed E-state index contributed by atoms with van der Waals surface area (Å²) < 4.78 is 6.19. The summed E-state index contributed by atoms with van der Waals surface area (Å²) in [5, 5.41) is 10.5. The van der Waals surface area contributed by atoms with E-state index >= 15 is 0 Å². The van der Waals surface area contributed by atoms with E-state index in [4.69, 9.17) is 4.74 Å². The van der Waals surface area contributed by atoms with Crippen LogP contribution in [0.3, 0.4) is 0 Å². The lowest BCUT2D eigenvalue weighted by molar-refractivity contribution is -0.149. The minimum Gasteiger partial charge on any atom is -0.465 e. The van der Waals surface area contributed by atoms with E-state index in [9.17, 15) is 9.59 Å². The Morgan fingerprint density at radius 3 is 2.83 bits per heavy atom.